The lowest BCUT2D eigenvalue weighted by molar-refractivity contribution is 0.0573. The van der Waals surface area contributed by atoms with E-state index in [4.69, 9.17) is 0 Å². The molecule has 3 rings (SSSR count). The third kappa shape index (κ3) is 4.36. The Balaban J connectivity index is 1.63. The van der Waals surface area contributed by atoms with Gasteiger partial charge in [0.25, 0.3) is 5.91 Å². The van der Waals surface area contributed by atoms with Gasteiger partial charge in [0.2, 0.25) is 10.0 Å². The zero-order valence-electron chi connectivity index (χ0n) is 16.6. The number of benzene rings is 1. The highest BCUT2D eigenvalue weighted by Crippen LogP contribution is 2.25. The van der Waals surface area contributed by atoms with Crippen LogP contribution < -0.4 is 0 Å². The van der Waals surface area contributed by atoms with E-state index in [0.29, 0.717) is 11.6 Å². The van der Waals surface area contributed by atoms with Crippen molar-refractivity contribution in [3.63, 3.8) is 0 Å². The number of amides is 1. The van der Waals surface area contributed by atoms with E-state index in [9.17, 15) is 13.2 Å². The van der Waals surface area contributed by atoms with Crippen LogP contribution >= 0.6 is 0 Å². The molecule has 0 radical (unpaired) electrons. The Morgan fingerprint density at radius 2 is 1.59 bits per heavy atom. The molecule has 150 valence electrons. The summed E-state index contributed by atoms with van der Waals surface area (Å²) in [4.78, 5) is 17.4. The molecule has 1 aliphatic heterocycles. The SMILES string of the molecule is CC(C)N(C)S(=O)(=O)c1ccc(C(=O)N2CCN(C3CCCC3)CC2)cc1. The van der Waals surface area contributed by atoms with Crippen LogP contribution in [0.15, 0.2) is 29.2 Å². The van der Waals surface area contributed by atoms with Crippen LogP contribution in [0.2, 0.25) is 0 Å². The van der Waals surface area contributed by atoms with Gasteiger partial charge in [-0.15, -0.1) is 0 Å². The summed E-state index contributed by atoms with van der Waals surface area (Å²) < 4.78 is 26.4. The van der Waals surface area contributed by atoms with Crippen molar-refractivity contribution in [3.8, 4) is 0 Å². The third-order valence-electron chi connectivity index (χ3n) is 5.95. The predicted octanol–water partition coefficient (Wildman–Crippen LogP) is 2.42. The number of carbonyl (C=O) groups excluding carboxylic acids is 1. The second-order valence-corrected chi connectivity index (χ2v) is 9.90. The molecule has 0 unspecified atom stereocenters. The van der Waals surface area contributed by atoms with E-state index in [1.165, 1.54) is 42.1 Å². The van der Waals surface area contributed by atoms with Gasteiger partial charge in [0.1, 0.15) is 0 Å². The Kier molecular flexibility index (Phi) is 6.23. The Morgan fingerprint density at radius 1 is 1.04 bits per heavy atom. The zero-order chi connectivity index (χ0) is 19.6. The maximum absolute atomic E-state index is 12.8. The van der Waals surface area contributed by atoms with Gasteiger partial charge in [-0.3, -0.25) is 9.69 Å². The Labute approximate surface area is 163 Å². The van der Waals surface area contributed by atoms with Crippen molar-refractivity contribution in [2.75, 3.05) is 33.2 Å². The molecule has 2 aliphatic rings. The highest BCUT2D eigenvalue weighted by Gasteiger charge is 2.28. The molecule has 2 fully saturated rings. The third-order valence-corrected chi connectivity index (χ3v) is 8.00. The Hall–Kier alpha value is -1.44. The van der Waals surface area contributed by atoms with Crippen LogP contribution in [0.4, 0.5) is 0 Å². The average Bonchev–Trinajstić information content (AvgIpc) is 3.21. The molecular formula is C20H31N3O3S. The summed E-state index contributed by atoms with van der Waals surface area (Å²) in [5.74, 6) is -0.0118. The van der Waals surface area contributed by atoms with Crippen LogP contribution in [0.3, 0.4) is 0 Å². The van der Waals surface area contributed by atoms with Gasteiger partial charge < -0.3 is 4.90 Å². The number of piperazine rings is 1. The van der Waals surface area contributed by atoms with Crippen molar-refractivity contribution in [1.29, 1.82) is 0 Å². The lowest BCUT2D eigenvalue weighted by Gasteiger charge is -2.38. The summed E-state index contributed by atoms with van der Waals surface area (Å²) in [6, 6.07) is 6.92. The summed E-state index contributed by atoms with van der Waals surface area (Å²) in [5.41, 5.74) is 0.551. The maximum Gasteiger partial charge on any atom is 0.253 e. The molecule has 1 aliphatic carbocycles. The topological polar surface area (TPSA) is 60.9 Å². The van der Waals surface area contributed by atoms with E-state index >= 15 is 0 Å². The highest BCUT2D eigenvalue weighted by molar-refractivity contribution is 7.89. The molecule has 0 spiro atoms. The smallest absolute Gasteiger partial charge is 0.253 e. The van der Waals surface area contributed by atoms with E-state index < -0.39 is 10.0 Å². The van der Waals surface area contributed by atoms with E-state index in [1.54, 1.807) is 19.2 Å². The molecule has 0 atom stereocenters. The lowest BCUT2D eigenvalue weighted by atomic mass is 10.1. The van der Waals surface area contributed by atoms with Crippen LogP contribution in [-0.4, -0.2) is 73.7 Å². The quantitative estimate of drug-likeness (QED) is 0.771. The van der Waals surface area contributed by atoms with Crippen molar-refractivity contribution >= 4 is 15.9 Å². The van der Waals surface area contributed by atoms with Crippen molar-refractivity contribution in [3.05, 3.63) is 29.8 Å². The molecule has 1 saturated carbocycles. The summed E-state index contributed by atoms with van der Waals surface area (Å²) in [6.45, 7) is 7.02. The molecule has 1 aromatic rings. The van der Waals surface area contributed by atoms with Gasteiger partial charge in [0, 0.05) is 50.9 Å². The van der Waals surface area contributed by atoms with E-state index in [0.717, 1.165) is 26.2 Å². The van der Waals surface area contributed by atoms with Crippen LogP contribution in [-0.2, 0) is 10.0 Å². The first-order chi connectivity index (χ1) is 12.8. The van der Waals surface area contributed by atoms with Crippen LogP contribution in [0, 0.1) is 0 Å². The second kappa shape index (κ2) is 8.29. The van der Waals surface area contributed by atoms with Gasteiger partial charge >= 0.3 is 0 Å². The highest BCUT2D eigenvalue weighted by atomic mass is 32.2. The first-order valence-corrected chi connectivity index (χ1v) is 11.4. The van der Waals surface area contributed by atoms with Gasteiger partial charge in [-0.2, -0.15) is 4.31 Å². The average molecular weight is 394 g/mol. The molecule has 7 heteroatoms. The molecule has 0 N–H and O–H groups in total. The van der Waals surface area contributed by atoms with Crippen molar-refractivity contribution in [2.24, 2.45) is 0 Å². The lowest BCUT2D eigenvalue weighted by Crippen LogP contribution is -2.51. The molecule has 1 amide bonds. The largest absolute Gasteiger partial charge is 0.336 e. The van der Waals surface area contributed by atoms with E-state index in [-0.39, 0.29) is 16.8 Å². The molecular weight excluding hydrogens is 362 g/mol. The molecule has 27 heavy (non-hydrogen) atoms. The van der Waals surface area contributed by atoms with Crippen LogP contribution in [0.25, 0.3) is 0 Å². The van der Waals surface area contributed by atoms with E-state index in [2.05, 4.69) is 4.90 Å². The fourth-order valence-electron chi connectivity index (χ4n) is 3.96. The summed E-state index contributed by atoms with van der Waals surface area (Å²) in [5, 5.41) is 0. The van der Waals surface area contributed by atoms with E-state index in [1.807, 2.05) is 18.7 Å². The van der Waals surface area contributed by atoms with Gasteiger partial charge in [-0.05, 0) is 51.0 Å². The van der Waals surface area contributed by atoms with Gasteiger partial charge in [0.05, 0.1) is 4.90 Å². The second-order valence-electron chi connectivity index (χ2n) is 7.91. The molecule has 0 bridgehead atoms. The normalized spacial score (nSPS) is 20.0. The van der Waals surface area contributed by atoms with Crippen molar-refractivity contribution in [2.45, 2.75) is 56.5 Å². The van der Waals surface area contributed by atoms with Gasteiger partial charge in [-0.25, -0.2) is 8.42 Å². The molecule has 1 aromatic carbocycles. The summed E-state index contributed by atoms with van der Waals surface area (Å²) in [6.07, 6.45) is 5.22. The number of rotatable bonds is 5. The van der Waals surface area contributed by atoms with Gasteiger partial charge in [0.15, 0.2) is 0 Å². The number of carbonyl (C=O) groups is 1. The maximum atomic E-state index is 12.8. The van der Waals surface area contributed by atoms with Crippen molar-refractivity contribution < 1.29 is 13.2 Å². The fraction of sp³-hybridized carbons (Fsp3) is 0.650. The van der Waals surface area contributed by atoms with Crippen LogP contribution in [0.5, 0.6) is 0 Å². The minimum Gasteiger partial charge on any atom is -0.336 e. The molecule has 1 heterocycles. The van der Waals surface area contributed by atoms with Gasteiger partial charge in [-0.1, -0.05) is 12.8 Å². The number of hydrogen-bond acceptors (Lipinski definition) is 4. The first kappa shape index (κ1) is 20.3. The minimum absolute atomic E-state index is 0.0118. The number of sulfonamides is 1. The zero-order valence-corrected chi connectivity index (χ0v) is 17.4. The fourth-order valence-corrected chi connectivity index (χ4v) is 5.32. The monoisotopic (exact) mass is 393 g/mol. The Morgan fingerprint density at radius 3 is 2.11 bits per heavy atom. The molecule has 6 nitrogen and oxygen atoms in total. The summed E-state index contributed by atoms with van der Waals surface area (Å²) >= 11 is 0. The van der Waals surface area contributed by atoms with Crippen molar-refractivity contribution in [1.82, 2.24) is 14.1 Å². The first-order valence-electron chi connectivity index (χ1n) is 9.92. The number of hydrogen-bond donors (Lipinski definition) is 0. The molecule has 0 aromatic heterocycles. The predicted molar refractivity (Wildman–Crippen MR) is 106 cm³/mol. The molecule has 1 saturated heterocycles. The Bertz CT molecular complexity index is 747. The standard InChI is InChI=1S/C20H31N3O3S/c1-16(2)21(3)27(25,26)19-10-8-17(9-11-19)20(24)23-14-12-22(13-15-23)18-6-4-5-7-18/h8-11,16,18H,4-7,12-15H2,1-3H3. The number of nitrogens with zero attached hydrogens (tertiary/aromatic N) is 3. The summed E-state index contributed by atoms with van der Waals surface area (Å²) in [7, 11) is -1.95. The van der Waals surface area contributed by atoms with Crippen LogP contribution in [0.1, 0.15) is 49.9 Å². The minimum atomic E-state index is -3.52.